The largest absolute Gasteiger partial charge is 0.423 e. The van der Waals surface area contributed by atoms with Gasteiger partial charge in [0.15, 0.2) is 5.58 Å². The summed E-state index contributed by atoms with van der Waals surface area (Å²) in [6.07, 6.45) is 3.56. The van der Waals surface area contributed by atoms with Crippen LogP contribution in [-0.4, -0.2) is 4.98 Å². The highest BCUT2D eigenvalue weighted by Crippen LogP contribution is 2.24. The maximum Gasteiger partial charge on any atom is 0.300 e. The van der Waals surface area contributed by atoms with Crippen LogP contribution in [0.15, 0.2) is 46.9 Å². The number of fused-ring (bicyclic) bond motifs is 1. The molecule has 0 atom stereocenters. The molecule has 0 aliphatic heterocycles. The molecule has 3 aromatic rings. The van der Waals surface area contributed by atoms with Gasteiger partial charge in [0.2, 0.25) is 0 Å². The van der Waals surface area contributed by atoms with E-state index in [1.807, 2.05) is 24.3 Å². The number of unbranched alkanes of at least 4 members (excludes halogenated alkanes) is 1. The fourth-order valence-electron chi connectivity index (χ4n) is 2.25. The molecule has 3 N–H and O–H groups in total. The number of hydrogen-bond acceptors (Lipinski definition) is 4. The van der Waals surface area contributed by atoms with Gasteiger partial charge >= 0.3 is 0 Å². The molecule has 0 radical (unpaired) electrons. The number of nitrogens with one attached hydrogen (secondary N) is 1. The van der Waals surface area contributed by atoms with Crippen molar-refractivity contribution < 1.29 is 4.42 Å². The number of nitrogens with two attached hydrogens (primary N) is 1. The van der Waals surface area contributed by atoms with Gasteiger partial charge in [-0.15, -0.1) is 0 Å². The fraction of sp³-hybridized carbons (Fsp3) is 0.235. The Kier molecular flexibility index (Phi) is 3.77. The highest BCUT2D eigenvalue weighted by atomic mass is 16.4. The Balaban J connectivity index is 1.75. The number of aryl methyl sites for hydroxylation is 1. The van der Waals surface area contributed by atoms with Gasteiger partial charge in [0.25, 0.3) is 6.01 Å². The van der Waals surface area contributed by atoms with Crippen molar-refractivity contribution in [2.75, 3.05) is 11.1 Å². The molecule has 0 fully saturated rings. The number of aromatic nitrogens is 1. The van der Waals surface area contributed by atoms with E-state index in [0.717, 1.165) is 17.6 Å². The van der Waals surface area contributed by atoms with Gasteiger partial charge in [0.1, 0.15) is 5.52 Å². The SMILES string of the molecule is CCCCc1ccc(Nc2nc3ccc(N)cc3o2)cc1. The van der Waals surface area contributed by atoms with Crippen LogP contribution in [0.5, 0.6) is 0 Å². The monoisotopic (exact) mass is 281 g/mol. The van der Waals surface area contributed by atoms with E-state index in [1.165, 1.54) is 18.4 Å². The number of hydrogen-bond donors (Lipinski definition) is 2. The zero-order valence-electron chi connectivity index (χ0n) is 12.1. The van der Waals surface area contributed by atoms with Crippen LogP contribution in [-0.2, 0) is 6.42 Å². The summed E-state index contributed by atoms with van der Waals surface area (Å²) in [6, 6.07) is 14.3. The summed E-state index contributed by atoms with van der Waals surface area (Å²) in [4.78, 5) is 4.39. The molecule has 0 amide bonds. The Hall–Kier alpha value is -2.49. The van der Waals surface area contributed by atoms with Gasteiger partial charge in [0.05, 0.1) is 0 Å². The number of benzene rings is 2. The second-order valence-corrected chi connectivity index (χ2v) is 5.17. The van der Waals surface area contributed by atoms with Crippen LogP contribution in [0.1, 0.15) is 25.3 Å². The summed E-state index contributed by atoms with van der Waals surface area (Å²) < 4.78 is 5.65. The Morgan fingerprint density at radius 2 is 1.95 bits per heavy atom. The molecule has 0 saturated heterocycles. The zero-order chi connectivity index (χ0) is 14.7. The highest BCUT2D eigenvalue weighted by Gasteiger charge is 2.06. The molecule has 0 aliphatic carbocycles. The number of nitrogen functional groups attached to an aromatic ring is 1. The van der Waals surface area contributed by atoms with E-state index in [1.54, 1.807) is 6.07 Å². The number of oxazole rings is 1. The van der Waals surface area contributed by atoms with Crippen molar-refractivity contribution in [3.8, 4) is 0 Å². The van der Waals surface area contributed by atoms with Crippen LogP contribution < -0.4 is 11.1 Å². The summed E-state index contributed by atoms with van der Waals surface area (Å²) in [5, 5.41) is 3.18. The first-order valence-electron chi connectivity index (χ1n) is 7.26. The third kappa shape index (κ3) is 3.16. The predicted octanol–water partition coefficient (Wildman–Crippen LogP) is 4.50. The van der Waals surface area contributed by atoms with Crippen molar-refractivity contribution >= 4 is 28.5 Å². The lowest BCUT2D eigenvalue weighted by molar-refractivity contribution is 0.623. The van der Waals surface area contributed by atoms with Crippen LogP contribution in [0.25, 0.3) is 11.1 Å². The van der Waals surface area contributed by atoms with Crippen LogP contribution in [0, 0.1) is 0 Å². The van der Waals surface area contributed by atoms with E-state index >= 15 is 0 Å². The molecule has 2 aromatic carbocycles. The second-order valence-electron chi connectivity index (χ2n) is 5.17. The first-order chi connectivity index (χ1) is 10.2. The number of rotatable bonds is 5. The second kappa shape index (κ2) is 5.87. The molecule has 0 unspecified atom stereocenters. The van der Waals surface area contributed by atoms with Gasteiger partial charge in [0, 0.05) is 17.4 Å². The Morgan fingerprint density at radius 3 is 2.71 bits per heavy atom. The summed E-state index contributed by atoms with van der Waals surface area (Å²) >= 11 is 0. The van der Waals surface area contributed by atoms with Crippen molar-refractivity contribution in [1.82, 2.24) is 4.98 Å². The van der Waals surface area contributed by atoms with Crippen LogP contribution in [0.3, 0.4) is 0 Å². The van der Waals surface area contributed by atoms with E-state index < -0.39 is 0 Å². The van der Waals surface area contributed by atoms with E-state index in [2.05, 4.69) is 29.4 Å². The zero-order valence-corrected chi connectivity index (χ0v) is 12.1. The van der Waals surface area contributed by atoms with E-state index in [9.17, 15) is 0 Å². The molecule has 4 nitrogen and oxygen atoms in total. The van der Waals surface area contributed by atoms with Gasteiger partial charge in [-0.05, 0) is 42.7 Å². The number of nitrogens with zero attached hydrogens (tertiary/aromatic N) is 1. The lowest BCUT2D eigenvalue weighted by Gasteiger charge is -2.03. The molecule has 1 heterocycles. The molecule has 21 heavy (non-hydrogen) atoms. The van der Waals surface area contributed by atoms with Gasteiger partial charge in [-0.1, -0.05) is 25.5 Å². The maximum absolute atomic E-state index is 5.73. The van der Waals surface area contributed by atoms with Gasteiger partial charge < -0.3 is 15.5 Å². The molecule has 1 aromatic heterocycles. The summed E-state index contributed by atoms with van der Waals surface area (Å²) in [7, 11) is 0. The average Bonchev–Trinajstić information content (AvgIpc) is 2.88. The molecular formula is C17H19N3O. The van der Waals surface area contributed by atoms with Crippen molar-refractivity contribution in [3.05, 3.63) is 48.0 Å². The van der Waals surface area contributed by atoms with Gasteiger partial charge in [-0.2, -0.15) is 4.98 Å². The van der Waals surface area contributed by atoms with Crippen molar-refractivity contribution in [1.29, 1.82) is 0 Å². The first-order valence-corrected chi connectivity index (χ1v) is 7.26. The molecule has 4 heteroatoms. The minimum absolute atomic E-state index is 0.483. The minimum atomic E-state index is 0.483. The Labute approximate surface area is 124 Å². The average molecular weight is 281 g/mol. The molecule has 3 rings (SSSR count). The smallest absolute Gasteiger partial charge is 0.300 e. The molecular weight excluding hydrogens is 262 g/mol. The number of anilines is 3. The van der Waals surface area contributed by atoms with Crippen molar-refractivity contribution in [3.63, 3.8) is 0 Å². The molecule has 0 aliphatic rings. The summed E-state index contributed by atoms with van der Waals surface area (Å²) in [6.45, 7) is 2.20. The summed E-state index contributed by atoms with van der Waals surface area (Å²) in [5.41, 5.74) is 10.2. The van der Waals surface area contributed by atoms with Crippen LogP contribution in [0.2, 0.25) is 0 Å². The van der Waals surface area contributed by atoms with Gasteiger partial charge in [-0.3, -0.25) is 0 Å². The van der Waals surface area contributed by atoms with E-state index in [-0.39, 0.29) is 0 Å². The standard InChI is InChI=1S/C17H19N3O/c1-2-3-4-12-5-8-14(9-6-12)19-17-20-15-10-7-13(18)11-16(15)21-17/h5-11H,2-4,18H2,1H3,(H,19,20). The fourth-order valence-corrected chi connectivity index (χ4v) is 2.25. The van der Waals surface area contributed by atoms with E-state index in [0.29, 0.717) is 17.3 Å². The Morgan fingerprint density at radius 1 is 1.14 bits per heavy atom. The third-order valence-electron chi connectivity index (χ3n) is 3.44. The van der Waals surface area contributed by atoms with Crippen LogP contribution >= 0.6 is 0 Å². The van der Waals surface area contributed by atoms with Crippen molar-refractivity contribution in [2.24, 2.45) is 0 Å². The topological polar surface area (TPSA) is 64.1 Å². The predicted molar refractivity (Wildman–Crippen MR) is 86.8 cm³/mol. The Bertz CT molecular complexity index is 731. The minimum Gasteiger partial charge on any atom is -0.423 e. The highest BCUT2D eigenvalue weighted by molar-refractivity contribution is 5.78. The quantitative estimate of drug-likeness (QED) is 0.676. The van der Waals surface area contributed by atoms with Crippen LogP contribution in [0.4, 0.5) is 17.4 Å². The molecule has 108 valence electrons. The maximum atomic E-state index is 5.73. The normalized spacial score (nSPS) is 10.9. The molecule has 0 saturated carbocycles. The molecule has 0 spiro atoms. The summed E-state index contributed by atoms with van der Waals surface area (Å²) in [5.74, 6) is 0. The van der Waals surface area contributed by atoms with Gasteiger partial charge in [-0.25, -0.2) is 0 Å². The lowest BCUT2D eigenvalue weighted by atomic mass is 10.1. The lowest BCUT2D eigenvalue weighted by Crippen LogP contribution is -1.91. The third-order valence-corrected chi connectivity index (χ3v) is 3.44. The first kappa shape index (κ1) is 13.5. The molecule has 0 bridgehead atoms. The van der Waals surface area contributed by atoms with Crippen molar-refractivity contribution in [2.45, 2.75) is 26.2 Å². The van der Waals surface area contributed by atoms with E-state index in [4.69, 9.17) is 10.2 Å².